The smallest absolute Gasteiger partial charge is 0.302 e. The summed E-state index contributed by atoms with van der Waals surface area (Å²) < 4.78 is 19.2. The van der Waals surface area contributed by atoms with Crippen LogP contribution in [0.4, 0.5) is 21.9 Å². The molecule has 1 unspecified atom stereocenters. The second kappa shape index (κ2) is 10.1. The van der Waals surface area contributed by atoms with Crippen LogP contribution in [0.1, 0.15) is 24.1 Å². The Morgan fingerprint density at radius 1 is 1.13 bits per heavy atom. The van der Waals surface area contributed by atoms with Crippen LogP contribution in [0, 0.1) is 12.7 Å². The van der Waals surface area contributed by atoms with E-state index in [1.807, 2.05) is 50.2 Å². The number of amides is 1. The SMILES string of the molecule is CC1=C(C(=O)Nc2cc(N(C)C)ccn2)C(c2ccc(C)cc2Cl)N=C(Nc2nc3ccc(F)cc3o2)N1. The van der Waals surface area contributed by atoms with Crippen molar-refractivity contribution in [2.75, 3.05) is 29.6 Å². The molecule has 9 nitrogen and oxygen atoms in total. The molecular weight excluding hydrogens is 509 g/mol. The molecule has 0 spiro atoms. The minimum Gasteiger partial charge on any atom is -0.423 e. The van der Waals surface area contributed by atoms with Gasteiger partial charge in [0.25, 0.3) is 5.91 Å². The second-order valence-electron chi connectivity index (χ2n) is 9.07. The van der Waals surface area contributed by atoms with Crippen LogP contribution in [0.5, 0.6) is 0 Å². The Hall–Kier alpha value is -4.44. The maximum atomic E-state index is 13.6. The average molecular weight is 534 g/mol. The molecule has 0 saturated carbocycles. The lowest BCUT2D eigenvalue weighted by Crippen LogP contribution is -2.37. The summed E-state index contributed by atoms with van der Waals surface area (Å²) in [5.74, 6) is -0.107. The van der Waals surface area contributed by atoms with Gasteiger partial charge in [0.2, 0.25) is 5.96 Å². The maximum absolute atomic E-state index is 13.6. The average Bonchev–Trinajstić information content (AvgIpc) is 3.25. The van der Waals surface area contributed by atoms with Crippen molar-refractivity contribution in [3.63, 3.8) is 0 Å². The lowest BCUT2D eigenvalue weighted by atomic mass is 9.95. The summed E-state index contributed by atoms with van der Waals surface area (Å²) in [4.78, 5) is 28.9. The summed E-state index contributed by atoms with van der Waals surface area (Å²) in [5.41, 5.74) is 4.22. The molecule has 0 radical (unpaired) electrons. The zero-order valence-corrected chi connectivity index (χ0v) is 21.9. The molecule has 1 aliphatic rings. The predicted octanol–water partition coefficient (Wildman–Crippen LogP) is 5.41. The minimum atomic E-state index is -0.745. The van der Waals surface area contributed by atoms with E-state index in [0.29, 0.717) is 44.7 Å². The van der Waals surface area contributed by atoms with Crippen LogP contribution in [0.3, 0.4) is 0 Å². The predicted molar refractivity (Wildman–Crippen MR) is 147 cm³/mol. The largest absolute Gasteiger partial charge is 0.423 e. The van der Waals surface area contributed by atoms with Crippen molar-refractivity contribution in [1.29, 1.82) is 0 Å². The first-order valence-electron chi connectivity index (χ1n) is 11.8. The van der Waals surface area contributed by atoms with E-state index in [-0.39, 0.29) is 11.9 Å². The third-order valence-corrected chi connectivity index (χ3v) is 6.34. The summed E-state index contributed by atoms with van der Waals surface area (Å²) in [6.45, 7) is 3.70. The number of aliphatic imine (C=N–C) groups is 1. The number of allylic oxidation sites excluding steroid dienone is 1. The number of halogens is 2. The van der Waals surface area contributed by atoms with Gasteiger partial charge in [0.1, 0.15) is 23.2 Å². The van der Waals surface area contributed by atoms with Gasteiger partial charge in [0.15, 0.2) is 5.58 Å². The minimum absolute atomic E-state index is 0.121. The molecule has 3 heterocycles. The zero-order valence-electron chi connectivity index (χ0n) is 21.1. The highest BCUT2D eigenvalue weighted by Crippen LogP contribution is 2.36. The molecule has 2 aromatic carbocycles. The lowest BCUT2D eigenvalue weighted by Gasteiger charge is -2.27. The zero-order chi connectivity index (χ0) is 27.0. The number of hydrogen-bond acceptors (Lipinski definition) is 8. The number of guanidine groups is 1. The molecular formula is C27H25ClFN7O2. The standard InChI is InChI=1S/C27H25ClFN7O2/c1-14-5-7-18(19(28)11-14)24-23(25(37)33-22-13-17(36(3)4)9-10-30-22)15(2)31-26(34-24)35-27-32-20-8-6-16(29)12-21(20)38-27/h5-13,24H,1-4H3,(H,30,33,37)(H2,31,32,34,35). The number of anilines is 3. The number of nitrogens with zero attached hydrogens (tertiary/aromatic N) is 4. The van der Waals surface area contributed by atoms with Crippen LogP contribution in [-0.4, -0.2) is 35.9 Å². The molecule has 0 bridgehead atoms. The maximum Gasteiger partial charge on any atom is 0.302 e. The van der Waals surface area contributed by atoms with E-state index >= 15 is 0 Å². The third-order valence-electron chi connectivity index (χ3n) is 6.01. The molecule has 3 N–H and O–H groups in total. The van der Waals surface area contributed by atoms with Crippen molar-refractivity contribution in [2.24, 2.45) is 4.99 Å². The van der Waals surface area contributed by atoms with Crippen LogP contribution >= 0.6 is 11.6 Å². The van der Waals surface area contributed by atoms with Gasteiger partial charge in [-0.25, -0.2) is 14.4 Å². The highest BCUT2D eigenvalue weighted by atomic mass is 35.5. The number of benzene rings is 2. The molecule has 4 aromatic rings. The van der Waals surface area contributed by atoms with Gasteiger partial charge in [-0.3, -0.25) is 10.1 Å². The Kier molecular flexibility index (Phi) is 6.73. The summed E-state index contributed by atoms with van der Waals surface area (Å²) in [5, 5.41) is 9.46. The number of hydrogen-bond donors (Lipinski definition) is 3. The van der Waals surface area contributed by atoms with Gasteiger partial charge in [0, 0.05) is 54.4 Å². The lowest BCUT2D eigenvalue weighted by molar-refractivity contribution is -0.113. The third kappa shape index (κ3) is 5.16. The second-order valence-corrected chi connectivity index (χ2v) is 9.48. The normalized spacial score (nSPS) is 15.2. The number of fused-ring (bicyclic) bond motifs is 1. The molecule has 0 fully saturated rings. The summed E-state index contributed by atoms with van der Waals surface area (Å²) in [7, 11) is 3.81. The van der Waals surface area contributed by atoms with E-state index < -0.39 is 11.9 Å². The topological polar surface area (TPSA) is 108 Å². The highest BCUT2D eigenvalue weighted by Gasteiger charge is 2.31. The molecule has 1 amide bonds. The van der Waals surface area contributed by atoms with Crippen LogP contribution in [-0.2, 0) is 4.79 Å². The van der Waals surface area contributed by atoms with Crippen molar-refractivity contribution in [3.8, 4) is 0 Å². The molecule has 2 aromatic heterocycles. The molecule has 194 valence electrons. The van der Waals surface area contributed by atoms with Crippen molar-refractivity contribution >= 4 is 52.1 Å². The van der Waals surface area contributed by atoms with E-state index in [4.69, 9.17) is 21.0 Å². The Morgan fingerprint density at radius 2 is 1.95 bits per heavy atom. The first-order chi connectivity index (χ1) is 18.2. The summed E-state index contributed by atoms with van der Waals surface area (Å²) >= 11 is 6.62. The van der Waals surface area contributed by atoms with Crippen molar-refractivity contribution in [2.45, 2.75) is 19.9 Å². The number of oxazole rings is 1. The van der Waals surface area contributed by atoms with Crippen LogP contribution in [0.2, 0.25) is 5.02 Å². The van der Waals surface area contributed by atoms with E-state index in [0.717, 1.165) is 11.3 Å². The van der Waals surface area contributed by atoms with Gasteiger partial charge in [-0.15, -0.1) is 0 Å². The quantitative estimate of drug-likeness (QED) is 0.314. The first-order valence-corrected chi connectivity index (χ1v) is 12.1. The highest BCUT2D eigenvalue weighted by molar-refractivity contribution is 6.31. The fourth-order valence-electron chi connectivity index (χ4n) is 4.12. The Morgan fingerprint density at radius 3 is 2.71 bits per heavy atom. The van der Waals surface area contributed by atoms with Crippen LogP contribution < -0.4 is 20.9 Å². The van der Waals surface area contributed by atoms with Gasteiger partial charge in [-0.1, -0.05) is 23.7 Å². The molecule has 0 aliphatic carbocycles. The van der Waals surface area contributed by atoms with Crippen molar-refractivity contribution in [1.82, 2.24) is 15.3 Å². The van der Waals surface area contributed by atoms with Gasteiger partial charge in [-0.05, 0) is 43.7 Å². The monoisotopic (exact) mass is 533 g/mol. The van der Waals surface area contributed by atoms with Crippen molar-refractivity contribution in [3.05, 3.63) is 88.0 Å². The van der Waals surface area contributed by atoms with Crippen LogP contribution in [0.15, 0.2) is 75.4 Å². The number of carbonyl (C=O) groups excluding carboxylic acids is 1. The number of nitrogens with one attached hydrogen (secondary N) is 3. The Labute approximate surface area is 223 Å². The van der Waals surface area contributed by atoms with Crippen molar-refractivity contribution < 1.29 is 13.6 Å². The van der Waals surface area contributed by atoms with Gasteiger partial charge < -0.3 is 20.0 Å². The van der Waals surface area contributed by atoms with Gasteiger partial charge in [0.05, 0.1) is 5.57 Å². The fraction of sp³-hybridized carbons (Fsp3) is 0.185. The fourth-order valence-corrected chi connectivity index (χ4v) is 4.45. The van der Waals surface area contributed by atoms with Crippen LogP contribution in [0.25, 0.3) is 11.1 Å². The van der Waals surface area contributed by atoms with E-state index in [1.165, 1.54) is 18.2 Å². The van der Waals surface area contributed by atoms with Gasteiger partial charge >= 0.3 is 6.01 Å². The van der Waals surface area contributed by atoms with E-state index in [2.05, 4.69) is 25.9 Å². The van der Waals surface area contributed by atoms with Gasteiger partial charge in [-0.2, -0.15) is 4.98 Å². The molecule has 1 aliphatic heterocycles. The Balaban J connectivity index is 1.49. The number of rotatable bonds is 5. The Bertz CT molecular complexity index is 1610. The molecule has 1 atom stereocenters. The number of aromatic nitrogens is 2. The molecule has 5 rings (SSSR count). The molecule has 11 heteroatoms. The summed E-state index contributed by atoms with van der Waals surface area (Å²) in [6, 6.07) is 12.7. The summed E-state index contributed by atoms with van der Waals surface area (Å²) in [6.07, 6.45) is 1.63. The number of aryl methyl sites for hydroxylation is 1. The van der Waals surface area contributed by atoms with E-state index in [1.54, 1.807) is 19.2 Å². The number of carbonyl (C=O) groups is 1. The number of pyridine rings is 1. The first kappa shape index (κ1) is 25.2. The molecule has 0 saturated heterocycles. The van der Waals surface area contributed by atoms with E-state index in [9.17, 15) is 9.18 Å². The molecule has 38 heavy (non-hydrogen) atoms.